The maximum atomic E-state index is 13.8. The van der Waals surface area contributed by atoms with Gasteiger partial charge in [-0.15, -0.1) is 0 Å². The number of carbonyl (C=O) groups is 2. The van der Waals surface area contributed by atoms with E-state index in [4.69, 9.17) is 21.1 Å². The third-order valence-corrected chi connectivity index (χ3v) is 6.96. The van der Waals surface area contributed by atoms with E-state index in [1.165, 1.54) is 12.1 Å². The molecule has 5 rings (SSSR count). The molecule has 204 valence electrons. The van der Waals surface area contributed by atoms with Crippen LogP contribution in [0.4, 0.5) is 4.39 Å². The fraction of sp³-hybridized carbons (Fsp3) is 0.188. The van der Waals surface area contributed by atoms with E-state index in [1.54, 1.807) is 41.3 Å². The quantitative estimate of drug-likeness (QED) is 0.271. The highest BCUT2D eigenvalue weighted by molar-refractivity contribution is 6.30. The summed E-state index contributed by atoms with van der Waals surface area (Å²) in [7, 11) is 0. The van der Waals surface area contributed by atoms with E-state index in [-0.39, 0.29) is 43.9 Å². The lowest BCUT2D eigenvalue weighted by Gasteiger charge is -2.32. The SMILES string of the molecule is O=C(NCc1ccc2c(c1)OCO2)[C@@H](Cc1ccccc1)N(Cc1ccc(F)cc1)C(=O)Cc1ccc(Cl)cc1. The molecular weight excluding hydrogens is 531 g/mol. The van der Waals surface area contributed by atoms with Crippen LogP contribution in [0.2, 0.25) is 5.02 Å². The molecule has 8 heteroatoms. The van der Waals surface area contributed by atoms with E-state index < -0.39 is 6.04 Å². The Bertz CT molecular complexity index is 1460. The number of fused-ring (bicyclic) bond motifs is 1. The first-order chi connectivity index (χ1) is 19.4. The molecule has 1 atom stereocenters. The van der Waals surface area contributed by atoms with Gasteiger partial charge in [0.2, 0.25) is 18.6 Å². The Morgan fingerprint density at radius 1 is 0.825 bits per heavy atom. The van der Waals surface area contributed by atoms with Gasteiger partial charge in [-0.25, -0.2) is 4.39 Å². The minimum Gasteiger partial charge on any atom is -0.454 e. The molecule has 6 nitrogen and oxygen atoms in total. The van der Waals surface area contributed by atoms with Gasteiger partial charge in [0.15, 0.2) is 11.5 Å². The van der Waals surface area contributed by atoms with Crippen LogP contribution in [0.1, 0.15) is 22.3 Å². The highest BCUT2D eigenvalue weighted by Crippen LogP contribution is 2.32. The van der Waals surface area contributed by atoms with E-state index >= 15 is 0 Å². The fourth-order valence-corrected chi connectivity index (χ4v) is 4.70. The third-order valence-electron chi connectivity index (χ3n) is 6.71. The van der Waals surface area contributed by atoms with Gasteiger partial charge in [0, 0.05) is 24.5 Å². The van der Waals surface area contributed by atoms with Crippen LogP contribution in [0.25, 0.3) is 0 Å². The predicted octanol–water partition coefficient (Wildman–Crippen LogP) is 5.71. The van der Waals surface area contributed by atoms with Gasteiger partial charge >= 0.3 is 0 Å². The van der Waals surface area contributed by atoms with Crippen LogP contribution in [0.15, 0.2) is 97.1 Å². The average Bonchev–Trinajstić information content (AvgIpc) is 3.44. The number of benzene rings is 4. The fourth-order valence-electron chi connectivity index (χ4n) is 4.58. The van der Waals surface area contributed by atoms with Crippen LogP contribution >= 0.6 is 11.6 Å². The van der Waals surface area contributed by atoms with Crippen molar-refractivity contribution >= 4 is 23.4 Å². The van der Waals surface area contributed by atoms with Crippen molar-refractivity contribution < 1.29 is 23.5 Å². The second kappa shape index (κ2) is 12.7. The molecule has 0 aliphatic carbocycles. The van der Waals surface area contributed by atoms with Crippen molar-refractivity contribution in [1.29, 1.82) is 0 Å². The van der Waals surface area contributed by atoms with Crippen LogP contribution in [0.3, 0.4) is 0 Å². The summed E-state index contributed by atoms with van der Waals surface area (Å²) < 4.78 is 24.5. The molecule has 0 radical (unpaired) electrons. The van der Waals surface area contributed by atoms with Crippen molar-refractivity contribution in [3.8, 4) is 11.5 Å². The van der Waals surface area contributed by atoms with Crippen molar-refractivity contribution in [2.75, 3.05) is 6.79 Å². The molecule has 1 heterocycles. The molecule has 40 heavy (non-hydrogen) atoms. The van der Waals surface area contributed by atoms with E-state index in [1.807, 2.05) is 48.5 Å². The zero-order valence-electron chi connectivity index (χ0n) is 21.7. The monoisotopic (exact) mass is 558 g/mol. The number of ether oxygens (including phenoxy) is 2. The topological polar surface area (TPSA) is 67.9 Å². The minimum atomic E-state index is -0.818. The standard InChI is InChI=1S/C32H28ClFN2O4/c33-26-11-6-23(7-12-26)18-31(37)36(20-24-8-13-27(34)14-9-24)28(16-22-4-2-1-3-5-22)32(38)35-19-25-10-15-29-30(17-25)40-21-39-29/h1-15,17,28H,16,18-21H2,(H,35,38)/t28-/m1/s1. The van der Waals surface area contributed by atoms with Gasteiger partial charge in [-0.1, -0.05) is 72.3 Å². The number of halogens is 2. The summed E-state index contributed by atoms with van der Waals surface area (Å²) in [4.78, 5) is 29.2. The van der Waals surface area contributed by atoms with E-state index in [0.717, 1.165) is 16.7 Å². The van der Waals surface area contributed by atoms with Crippen molar-refractivity contribution in [1.82, 2.24) is 10.2 Å². The van der Waals surface area contributed by atoms with Gasteiger partial charge in [0.25, 0.3) is 0 Å². The largest absolute Gasteiger partial charge is 0.454 e. The molecule has 1 aliphatic rings. The molecule has 0 fully saturated rings. The highest BCUT2D eigenvalue weighted by Gasteiger charge is 2.30. The Labute approximate surface area is 237 Å². The number of nitrogens with zero attached hydrogens (tertiary/aromatic N) is 1. The normalized spacial score (nSPS) is 12.6. The van der Waals surface area contributed by atoms with Gasteiger partial charge in [0.05, 0.1) is 6.42 Å². The lowest BCUT2D eigenvalue weighted by Crippen LogP contribution is -2.50. The second-order valence-electron chi connectivity index (χ2n) is 9.56. The molecule has 0 aromatic heterocycles. The Kier molecular flexibility index (Phi) is 8.62. The summed E-state index contributed by atoms with van der Waals surface area (Å²) in [6.07, 6.45) is 0.389. The predicted molar refractivity (Wildman–Crippen MR) is 150 cm³/mol. The lowest BCUT2D eigenvalue weighted by molar-refractivity contribution is -0.140. The van der Waals surface area contributed by atoms with Crippen molar-refractivity contribution in [3.05, 3.63) is 130 Å². The number of hydrogen-bond donors (Lipinski definition) is 1. The summed E-state index contributed by atoms with van der Waals surface area (Å²) in [6, 6.07) is 27.2. The first-order valence-electron chi connectivity index (χ1n) is 12.9. The van der Waals surface area contributed by atoms with Crippen molar-refractivity contribution in [2.24, 2.45) is 0 Å². The Morgan fingerprint density at radius 3 is 2.25 bits per heavy atom. The molecular formula is C32H28ClFN2O4. The Hall–Kier alpha value is -4.36. The first-order valence-corrected chi connectivity index (χ1v) is 13.3. The molecule has 1 N–H and O–H groups in total. The maximum absolute atomic E-state index is 13.8. The molecule has 2 amide bonds. The van der Waals surface area contributed by atoms with Crippen LogP contribution in [0.5, 0.6) is 11.5 Å². The zero-order chi connectivity index (χ0) is 27.9. The van der Waals surface area contributed by atoms with E-state index in [2.05, 4.69) is 5.32 Å². The second-order valence-corrected chi connectivity index (χ2v) is 10.00. The number of nitrogens with one attached hydrogen (secondary N) is 1. The van der Waals surface area contributed by atoms with Gasteiger partial charge in [-0.3, -0.25) is 9.59 Å². The van der Waals surface area contributed by atoms with Gasteiger partial charge in [-0.2, -0.15) is 0 Å². The van der Waals surface area contributed by atoms with Crippen molar-refractivity contribution in [3.63, 3.8) is 0 Å². The summed E-state index contributed by atoms with van der Waals surface area (Å²) in [5.41, 5.74) is 3.24. The molecule has 0 bridgehead atoms. The smallest absolute Gasteiger partial charge is 0.243 e. The molecule has 0 unspecified atom stereocenters. The van der Waals surface area contributed by atoms with E-state index in [0.29, 0.717) is 28.5 Å². The summed E-state index contributed by atoms with van der Waals surface area (Å²) in [5, 5.41) is 3.58. The van der Waals surface area contributed by atoms with E-state index in [9.17, 15) is 14.0 Å². The number of hydrogen-bond acceptors (Lipinski definition) is 4. The average molecular weight is 559 g/mol. The Balaban J connectivity index is 1.42. The van der Waals surface area contributed by atoms with Crippen LogP contribution in [-0.4, -0.2) is 29.5 Å². The van der Waals surface area contributed by atoms with Crippen LogP contribution in [-0.2, 0) is 35.5 Å². The maximum Gasteiger partial charge on any atom is 0.243 e. The highest BCUT2D eigenvalue weighted by atomic mass is 35.5. The molecule has 1 aliphatic heterocycles. The summed E-state index contributed by atoms with van der Waals surface area (Å²) in [6.45, 7) is 0.552. The third kappa shape index (κ3) is 6.98. The van der Waals surface area contributed by atoms with Gasteiger partial charge in [0.1, 0.15) is 11.9 Å². The first kappa shape index (κ1) is 27.2. The summed E-state index contributed by atoms with van der Waals surface area (Å²) in [5.74, 6) is 0.392. The summed E-state index contributed by atoms with van der Waals surface area (Å²) >= 11 is 6.04. The number of carbonyl (C=O) groups excluding carboxylic acids is 2. The minimum absolute atomic E-state index is 0.0824. The zero-order valence-corrected chi connectivity index (χ0v) is 22.4. The van der Waals surface area contributed by atoms with Crippen LogP contribution < -0.4 is 14.8 Å². The number of rotatable bonds is 10. The number of amides is 2. The van der Waals surface area contributed by atoms with Gasteiger partial charge in [-0.05, 0) is 58.7 Å². The molecule has 0 saturated heterocycles. The van der Waals surface area contributed by atoms with Crippen molar-refractivity contribution in [2.45, 2.75) is 32.0 Å². The molecule has 4 aromatic carbocycles. The molecule has 0 spiro atoms. The molecule has 0 saturated carbocycles. The molecule has 4 aromatic rings. The van der Waals surface area contributed by atoms with Gasteiger partial charge < -0.3 is 19.7 Å². The van der Waals surface area contributed by atoms with Crippen LogP contribution in [0, 0.1) is 5.82 Å². The Morgan fingerprint density at radius 2 is 1.50 bits per heavy atom. The lowest BCUT2D eigenvalue weighted by atomic mass is 10.0.